The molecule has 102 valence electrons. The normalized spacial score (nSPS) is 22.2. The van der Waals surface area contributed by atoms with E-state index in [1.54, 1.807) is 6.07 Å². The van der Waals surface area contributed by atoms with Gasteiger partial charge in [-0.15, -0.1) is 11.3 Å². The Morgan fingerprint density at radius 1 is 1.42 bits per heavy atom. The van der Waals surface area contributed by atoms with Crippen LogP contribution in [0.3, 0.4) is 0 Å². The molecule has 6 nitrogen and oxygen atoms in total. The van der Waals surface area contributed by atoms with Crippen molar-refractivity contribution in [1.29, 1.82) is 0 Å². The Bertz CT molecular complexity index is 531. The third-order valence-corrected chi connectivity index (χ3v) is 4.06. The first kappa shape index (κ1) is 14.0. The van der Waals surface area contributed by atoms with Crippen molar-refractivity contribution < 1.29 is 19.5 Å². The number of hydrogen-bond donors (Lipinski definition) is 3. The van der Waals surface area contributed by atoms with Gasteiger partial charge in [0.25, 0.3) is 5.91 Å². The van der Waals surface area contributed by atoms with E-state index in [1.165, 1.54) is 6.07 Å². The fourth-order valence-electron chi connectivity index (χ4n) is 1.84. The number of carbonyl (C=O) groups is 3. The molecule has 1 fully saturated rings. The number of thiophene rings is 1. The molecular formula is C11H11ClN2O4S. The van der Waals surface area contributed by atoms with Crippen molar-refractivity contribution in [2.75, 3.05) is 6.54 Å². The molecule has 2 heterocycles. The van der Waals surface area contributed by atoms with Crippen molar-refractivity contribution in [3.63, 3.8) is 0 Å². The molecule has 19 heavy (non-hydrogen) atoms. The van der Waals surface area contributed by atoms with Gasteiger partial charge in [0, 0.05) is 6.54 Å². The molecule has 0 spiro atoms. The molecule has 3 N–H and O–H groups in total. The Balaban J connectivity index is 1.91. The zero-order valence-corrected chi connectivity index (χ0v) is 11.3. The van der Waals surface area contributed by atoms with Gasteiger partial charge in [-0.05, 0) is 18.6 Å². The van der Waals surface area contributed by atoms with Crippen LogP contribution in [0.5, 0.6) is 0 Å². The summed E-state index contributed by atoms with van der Waals surface area (Å²) < 4.78 is 0.464. The predicted molar refractivity (Wildman–Crippen MR) is 69.3 cm³/mol. The van der Waals surface area contributed by atoms with Gasteiger partial charge < -0.3 is 10.4 Å². The van der Waals surface area contributed by atoms with E-state index in [0.717, 1.165) is 11.3 Å². The first-order valence-corrected chi connectivity index (χ1v) is 6.73. The summed E-state index contributed by atoms with van der Waals surface area (Å²) >= 11 is 6.78. The number of aliphatic carboxylic acids is 1. The number of amides is 2. The average molecular weight is 303 g/mol. The highest BCUT2D eigenvalue weighted by molar-refractivity contribution is 7.18. The second kappa shape index (κ2) is 5.68. The van der Waals surface area contributed by atoms with Gasteiger partial charge in [-0.1, -0.05) is 11.6 Å². The summed E-state index contributed by atoms with van der Waals surface area (Å²) in [6, 6.07) is 2.37. The third-order valence-electron chi connectivity index (χ3n) is 2.83. The molecule has 0 aliphatic carbocycles. The number of carboxylic acid groups (broad SMARTS) is 1. The van der Waals surface area contributed by atoms with E-state index >= 15 is 0 Å². The molecule has 1 aromatic rings. The van der Waals surface area contributed by atoms with Crippen LogP contribution in [0.25, 0.3) is 0 Å². The van der Waals surface area contributed by atoms with Crippen LogP contribution < -0.4 is 10.6 Å². The summed E-state index contributed by atoms with van der Waals surface area (Å²) in [5.41, 5.74) is 0. The highest BCUT2D eigenvalue weighted by Crippen LogP contribution is 2.21. The highest BCUT2D eigenvalue weighted by Gasteiger charge is 2.34. The number of rotatable bonds is 3. The molecule has 1 aliphatic rings. The van der Waals surface area contributed by atoms with Gasteiger partial charge in [0.05, 0.1) is 15.1 Å². The maximum atomic E-state index is 11.8. The number of carbonyl (C=O) groups excluding carboxylic acids is 2. The molecule has 1 aliphatic heterocycles. The van der Waals surface area contributed by atoms with Gasteiger partial charge in [-0.2, -0.15) is 0 Å². The Morgan fingerprint density at radius 3 is 2.68 bits per heavy atom. The van der Waals surface area contributed by atoms with Crippen LogP contribution in [-0.4, -0.2) is 35.5 Å². The van der Waals surface area contributed by atoms with Crippen molar-refractivity contribution in [3.8, 4) is 0 Å². The number of hydrogen-bond acceptors (Lipinski definition) is 5. The van der Waals surface area contributed by atoms with Crippen molar-refractivity contribution in [3.05, 3.63) is 21.3 Å². The van der Waals surface area contributed by atoms with E-state index in [-0.39, 0.29) is 13.0 Å². The van der Waals surface area contributed by atoms with Crippen LogP contribution >= 0.6 is 22.9 Å². The molecule has 0 radical (unpaired) electrons. The van der Waals surface area contributed by atoms with Gasteiger partial charge in [0.2, 0.25) is 5.91 Å². The molecule has 2 atom stereocenters. The van der Waals surface area contributed by atoms with Gasteiger partial charge in [0.15, 0.2) is 0 Å². The average Bonchev–Trinajstić information content (AvgIpc) is 2.96. The predicted octanol–water partition coefficient (Wildman–Crippen LogP) is 0.721. The SMILES string of the molecule is O=C(NC(=O)C1CNC(C(=O)O)C1)c1ccc(Cl)s1. The van der Waals surface area contributed by atoms with E-state index in [2.05, 4.69) is 10.6 Å². The fourth-order valence-corrected chi connectivity index (χ4v) is 2.77. The molecule has 0 aromatic carbocycles. The second-order valence-electron chi connectivity index (χ2n) is 4.15. The molecular weight excluding hydrogens is 292 g/mol. The second-order valence-corrected chi connectivity index (χ2v) is 5.87. The maximum Gasteiger partial charge on any atom is 0.320 e. The quantitative estimate of drug-likeness (QED) is 0.715. The van der Waals surface area contributed by atoms with Crippen molar-refractivity contribution in [1.82, 2.24) is 10.6 Å². The first-order valence-electron chi connectivity index (χ1n) is 5.54. The lowest BCUT2D eigenvalue weighted by atomic mass is 10.0. The summed E-state index contributed by atoms with van der Waals surface area (Å²) in [7, 11) is 0. The van der Waals surface area contributed by atoms with Crippen LogP contribution in [0.4, 0.5) is 0 Å². The Morgan fingerprint density at radius 2 is 2.16 bits per heavy atom. The summed E-state index contributed by atoms with van der Waals surface area (Å²) in [5, 5.41) is 13.8. The largest absolute Gasteiger partial charge is 0.480 e. The van der Waals surface area contributed by atoms with E-state index in [4.69, 9.17) is 16.7 Å². The monoisotopic (exact) mass is 302 g/mol. The van der Waals surface area contributed by atoms with Crippen molar-refractivity contribution in [2.24, 2.45) is 5.92 Å². The first-order chi connectivity index (χ1) is 8.97. The smallest absolute Gasteiger partial charge is 0.320 e. The Hall–Kier alpha value is -1.44. The van der Waals surface area contributed by atoms with Crippen LogP contribution in [0.2, 0.25) is 4.34 Å². The molecule has 1 saturated heterocycles. The minimum absolute atomic E-state index is 0.180. The zero-order chi connectivity index (χ0) is 14.0. The molecule has 8 heteroatoms. The van der Waals surface area contributed by atoms with Gasteiger partial charge >= 0.3 is 5.97 Å². The topological polar surface area (TPSA) is 95.5 Å². The molecule has 0 bridgehead atoms. The minimum Gasteiger partial charge on any atom is -0.480 e. The van der Waals surface area contributed by atoms with Crippen LogP contribution in [-0.2, 0) is 9.59 Å². The molecule has 2 rings (SSSR count). The van der Waals surface area contributed by atoms with E-state index in [0.29, 0.717) is 9.21 Å². The molecule has 2 amide bonds. The molecule has 0 saturated carbocycles. The lowest BCUT2D eigenvalue weighted by Gasteiger charge is -2.07. The van der Waals surface area contributed by atoms with Gasteiger partial charge in [0.1, 0.15) is 6.04 Å². The number of carboxylic acids is 1. The van der Waals surface area contributed by atoms with Crippen LogP contribution in [0, 0.1) is 5.92 Å². The minimum atomic E-state index is -0.994. The highest BCUT2D eigenvalue weighted by atomic mass is 35.5. The standard InChI is InChI=1S/C11H11ClN2O4S/c12-8-2-1-7(19-8)10(16)14-9(15)5-3-6(11(17)18)13-4-5/h1-2,5-6,13H,3-4H2,(H,17,18)(H,14,15,16). The zero-order valence-electron chi connectivity index (χ0n) is 9.68. The lowest BCUT2D eigenvalue weighted by molar-refractivity contribution is -0.139. The molecule has 1 aromatic heterocycles. The summed E-state index contributed by atoms with van der Waals surface area (Å²) in [6.07, 6.45) is 0.180. The molecule has 2 unspecified atom stereocenters. The van der Waals surface area contributed by atoms with Crippen LogP contribution in [0.1, 0.15) is 16.1 Å². The Kier molecular flexibility index (Phi) is 4.18. The maximum absolute atomic E-state index is 11.8. The van der Waals surface area contributed by atoms with Gasteiger partial charge in [-0.25, -0.2) is 0 Å². The van der Waals surface area contributed by atoms with E-state index < -0.39 is 29.7 Å². The lowest BCUT2D eigenvalue weighted by Crippen LogP contribution is -2.36. The van der Waals surface area contributed by atoms with Gasteiger partial charge in [-0.3, -0.25) is 19.7 Å². The Labute approximate surface area is 117 Å². The number of nitrogens with one attached hydrogen (secondary N) is 2. The summed E-state index contributed by atoms with van der Waals surface area (Å²) in [6.45, 7) is 0.251. The summed E-state index contributed by atoms with van der Waals surface area (Å²) in [4.78, 5) is 34.6. The van der Waals surface area contributed by atoms with E-state index in [1.807, 2.05) is 0 Å². The summed E-state index contributed by atoms with van der Waals surface area (Å²) in [5.74, 6) is -2.49. The van der Waals surface area contributed by atoms with E-state index in [9.17, 15) is 14.4 Å². The fraction of sp³-hybridized carbons (Fsp3) is 0.364. The van der Waals surface area contributed by atoms with Crippen LogP contribution in [0.15, 0.2) is 12.1 Å². The third kappa shape index (κ3) is 3.31. The van der Waals surface area contributed by atoms with Crippen molar-refractivity contribution in [2.45, 2.75) is 12.5 Å². The number of imide groups is 1. The van der Waals surface area contributed by atoms with Crippen molar-refractivity contribution >= 4 is 40.7 Å². The number of halogens is 1.